The van der Waals surface area contributed by atoms with Gasteiger partial charge in [-0.1, -0.05) is 6.92 Å². The van der Waals surface area contributed by atoms with Crippen LogP contribution in [-0.4, -0.2) is 44.5 Å². The van der Waals surface area contributed by atoms with Gasteiger partial charge < -0.3 is 15.5 Å². The van der Waals surface area contributed by atoms with Crippen molar-refractivity contribution in [1.29, 1.82) is 0 Å². The molecule has 0 spiro atoms. The fourth-order valence-electron chi connectivity index (χ4n) is 1.36. The number of carboxylic acid groups (broad SMARTS) is 1. The molecule has 7 heteroatoms. The van der Waals surface area contributed by atoms with Crippen LogP contribution in [0.25, 0.3) is 0 Å². The van der Waals surface area contributed by atoms with Crippen molar-refractivity contribution in [1.82, 2.24) is 15.1 Å². The Hall–Kier alpha value is -1.89. The molecule has 0 saturated carbocycles. The monoisotopic (exact) mass is 241 g/mol. The minimum absolute atomic E-state index is 0.327. The first-order valence-electron chi connectivity index (χ1n) is 5.17. The lowest BCUT2D eigenvalue weighted by atomic mass is 10.2. The average molecular weight is 241 g/mol. The molecule has 0 saturated heterocycles. The molecule has 0 bridgehead atoms. The van der Waals surface area contributed by atoms with E-state index < -0.39 is 18.0 Å². The first kappa shape index (κ1) is 13.2. The van der Waals surface area contributed by atoms with Gasteiger partial charge in [-0.2, -0.15) is 5.10 Å². The predicted molar refractivity (Wildman–Crippen MR) is 58.6 cm³/mol. The number of carbonyl (C=O) groups excluding carboxylic acids is 1. The molecular formula is C10H15N3O4. The standard InChI is InChI=1S/C10H15N3O4/c1-3-7-6(5-13(2)12-7)9(15)11-4-8(14)10(16)17/h5,8,14H,3-4H2,1-2H3,(H,11,15)(H,16,17)/t8-/m0/s1. The van der Waals surface area contributed by atoms with Crippen LogP contribution in [0.3, 0.4) is 0 Å². The Morgan fingerprint density at radius 3 is 2.76 bits per heavy atom. The SMILES string of the molecule is CCc1nn(C)cc1C(=O)NC[C@H](O)C(=O)O. The number of nitrogens with zero attached hydrogens (tertiary/aromatic N) is 2. The summed E-state index contributed by atoms with van der Waals surface area (Å²) in [6.45, 7) is 1.54. The van der Waals surface area contributed by atoms with Crippen molar-refractivity contribution >= 4 is 11.9 Å². The third-order valence-corrected chi connectivity index (χ3v) is 2.23. The quantitative estimate of drug-likeness (QED) is 0.623. The zero-order valence-electron chi connectivity index (χ0n) is 9.67. The fourth-order valence-corrected chi connectivity index (χ4v) is 1.36. The van der Waals surface area contributed by atoms with E-state index in [4.69, 9.17) is 10.2 Å². The van der Waals surface area contributed by atoms with Gasteiger partial charge in [-0.25, -0.2) is 4.79 Å². The number of aliphatic hydroxyl groups excluding tert-OH is 1. The molecule has 0 aromatic carbocycles. The number of hydrogen-bond acceptors (Lipinski definition) is 4. The molecule has 1 aromatic heterocycles. The van der Waals surface area contributed by atoms with Gasteiger partial charge in [0.1, 0.15) is 0 Å². The van der Waals surface area contributed by atoms with Crippen LogP contribution in [0.4, 0.5) is 0 Å². The van der Waals surface area contributed by atoms with E-state index in [1.807, 2.05) is 6.92 Å². The molecule has 0 aliphatic carbocycles. The van der Waals surface area contributed by atoms with Gasteiger partial charge in [0.25, 0.3) is 5.91 Å². The smallest absolute Gasteiger partial charge is 0.334 e. The largest absolute Gasteiger partial charge is 0.479 e. The van der Waals surface area contributed by atoms with E-state index in [9.17, 15) is 9.59 Å². The van der Waals surface area contributed by atoms with Crippen molar-refractivity contribution in [3.8, 4) is 0 Å². The number of hydrogen-bond donors (Lipinski definition) is 3. The number of aliphatic carboxylic acids is 1. The Morgan fingerprint density at radius 1 is 1.59 bits per heavy atom. The molecule has 7 nitrogen and oxygen atoms in total. The number of nitrogens with one attached hydrogen (secondary N) is 1. The van der Waals surface area contributed by atoms with Crippen molar-refractivity contribution in [2.24, 2.45) is 7.05 Å². The van der Waals surface area contributed by atoms with E-state index >= 15 is 0 Å². The molecule has 1 aromatic rings. The van der Waals surface area contributed by atoms with Crippen LogP contribution < -0.4 is 5.32 Å². The minimum atomic E-state index is -1.60. The molecule has 0 aliphatic rings. The van der Waals surface area contributed by atoms with Crippen molar-refractivity contribution in [2.45, 2.75) is 19.4 Å². The lowest BCUT2D eigenvalue weighted by molar-refractivity contribution is -0.146. The second-order valence-corrected chi connectivity index (χ2v) is 3.58. The molecule has 0 unspecified atom stereocenters. The molecule has 17 heavy (non-hydrogen) atoms. The molecule has 1 amide bonds. The van der Waals surface area contributed by atoms with Gasteiger partial charge in [0, 0.05) is 13.2 Å². The molecule has 3 N–H and O–H groups in total. The number of amides is 1. The molecule has 0 radical (unpaired) electrons. The number of rotatable bonds is 5. The lowest BCUT2D eigenvalue weighted by Gasteiger charge is -2.07. The molecule has 94 valence electrons. The molecule has 1 atom stereocenters. The number of carbonyl (C=O) groups is 2. The first-order valence-corrected chi connectivity index (χ1v) is 5.17. The normalized spacial score (nSPS) is 12.2. The van der Waals surface area contributed by atoms with E-state index in [0.717, 1.165) is 0 Å². The van der Waals surface area contributed by atoms with Crippen LogP contribution in [0.1, 0.15) is 23.0 Å². The Labute approximate surface area is 98.1 Å². The Morgan fingerprint density at radius 2 is 2.24 bits per heavy atom. The van der Waals surface area contributed by atoms with E-state index in [-0.39, 0.29) is 6.54 Å². The van der Waals surface area contributed by atoms with Crippen LogP contribution in [0.15, 0.2) is 6.20 Å². The van der Waals surface area contributed by atoms with E-state index in [1.54, 1.807) is 13.2 Å². The van der Waals surface area contributed by atoms with Gasteiger partial charge in [-0.3, -0.25) is 9.48 Å². The zero-order valence-corrected chi connectivity index (χ0v) is 9.67. The summed E-state index contributed by atoms with van der Waals surface area (Å²) in [7, 11) is 1.70. The van der Waals surface area contributed by atoms with Gasteiger partial charge in [0.2, 0.25) is 0 Å². The third-order valence-electron chi connectivity index (χ3n) is 2.23. The van der Waals surface area contributed by atoms with Gasteiger partial charge in [0.05, 0.1) is 17.8 Å². The summed E-state index contributed by atoms with van der Waals surface area (Å²) in [5.41, 5.74) is 1.03. The second-order valence-electron chi connectivity index (χ2n) is 3.58. The van der Waals surface area contributed by atoms with Crippen LogP contribution in [0.5, 0.6) is 0 Å². The summed E-state index contributed by atoms with van der Waals surface area (Å²) in [5, 5.41) is 23.9. The molecule has 1 rings (SSSR count). The van der Waals surface area contributed by atoms with Crippen molar-refractivity contribution in [3.05, 3.63) is 17.5 Å². The second kappa shape index (κ2) is 5.44. The topological polar surface area (TPSA) is 104 Å². The molecule has 0 aliphatic heterocycles. The summed E-state index contributed by atoms with van der Waals surface area (Å²) < 4.78 is 1.52. The number of aliphatic hydroxyl groups is 1. The number of aromatic nitrogens is 2. The summed E-state index contributed by atoms with van der Waals surface area (Å²) in [6.07, 6.45) is 0.563. The third kappa shape index (κ3) is 3.28. The summed E-state index contributed by atoms with van der Waals surface area (Å²) in [5.74, 6) is -1.80. The summed E-state index contributed by atoms with van der Waals surface area (Å²) in [6, 6.07) is 0. The average Bonchev–Trinajstić information content (AvgIpc) is 2.66. The van der Waals surface area contributed by atoms with Crippen LogP contribution in [-0.2, 0) is 18.3 Å². The van der Waals surface area contributed by atoms with Crippen molar-refractivity contribution < 1.29 is 19.8 Å². The highest BCUT2D eigenvalue weighted by molar-refractivity contribution is 5.95. The molecular weight excluding hydrogens is 226 g/mol. The maximum atomic E-state index is 11.7. The highest BCUT2D eigenvalue weighted by Gasteiger charge is 2.18. The van der Waals surface area contributed by atoms with E-state index in [0.29, 0.717) is 17.7 Å². The van der Waals surface area contributed by atoms with Crippen LogP contribution in [0, 0.1) is 0 Å². The predicted octanol–water partition coefficient (Wildman–Crippen LogP) is -0.842. The highest BCUT2D eigenvalue weighted by Crippen LogP contribution is 2.06. The van der Waals surface area contributed by atoms with Gasteiger partial charge in [0.15, 0.2) is 6.10 Å². The van der Waals surface area contributed by atoms with Crippen molar-refractivity contribution in [2.75, 3.05) is 6.54 Å². The van der Waals surface area contributed by atoms with Crippen LogP contribution in [0.2, 0.25) is 0 Å². The van der Waals surface area contributed by atoms with E-state index in [1.165, 1.54) is 4.68 Å². The maximum Gasteiger partial charge on any atom is 0.334 e. The van der Waals surface area contributed by atoms with E-state index in [2.05, 4.69) is 10.4 Å². The zero-order chi connectivity index (χ0) is 13.0. The summed E-state index contributed by atoms with van der Waals surface area (Å²) in [4.78, 5) is 22.1. The Kier molecular flexibility index (Phi) is 4.22. The lowest BCUT2D eigenvalue weighted by Crippen LogP contribution is -2.36. The van der Waals surface area contributed by atoms with Crippen molar-refractivity contribution in [3.63, 3.8) is 0 Å². The minimum Gasteiger partial charge on any atom is -0.479 e. The van der Waals surface area contributed by atoms with Gasteiger partial charge >= 0.3 is 5.97 Å². The number of aryl methyl sites for hydroxylation is 2. The van der Waals surface area contributed by atoms with Crippen LogP contribution >= 0.6 is 0 Å². The van der Waals surface area contributed by atoms with Gasteiger partial charge in [-0.05, 0) is 6.42 Å². The highest BCUT2D eigenvalue weighted by atomic mass is 16.4. The fraction of sp³-hybridized carbons (Fsp3) is 0.500. The molecule has 0 fully saturated rings. The Balaban J connectivity index is 2.66. The molecule has 1 heterocycles. The Bertz CT molecular complexity index is 427. The number of carboxylic acids is 1. The van der Waals surface area contributed by atoms with Gasteiger partial charge in [-0.15, -0.1) is 0 Å². The summed E-state index contributed by atoms with van der Waals surface area (Å²) >= 11 is 0. The maximum absolute atomic E-state index is 11.7. The first-order chi connectivity index (χ1) is 7.95.